The van der Waals surface area contributed by atoms with E-state index in [9.17, 15) is 14.4 Å². The molecule has 3 N–H and O–H groups in total. The average Bonchev–Trinajstić information content (AvgIpc) is 3.03. The number of nitrogens with zero attached hydrogens (tertiary/aromatic N) is 1. The predicted molar refractivity (Wildman–Crippen MR) is 106 cm³/mol. The first kappa shape index (κ1) is 20.1. The first-order valence-corrected chi connectivity index (χ1v) is 9.70. The van der Waals surface area contributed by atoms with Crippen molar-refractivity contribution in [3.8, 4) is 0 Å². The SMILES string of the molecule is COC[C@@H](Sc1nc(=O)[nH]cc1C)C(=O)N[C@H](C)c1ccc2c(c1)CC(=O)N2. The predicted octanol–water partition coefficient (Wildman–Crippen LogP) is 1.56. The van der Waals surface area contributed by atoms with Crippen LogP contribution in [-0.4, -0.2) is 40.7 Å². The molecule has 3 rings (SSSR count). The molecule has 9 heteroatoms. The van der Waals surface area contributed by atoms with Gasteiger partial charge < -0.3 is 20.4 Å². The van der Waals surface area contributed by atoms with Gasteiger partial charge in [0.05, 0.1) is 19.1 Å². The Labute approximate surface area is 166 Å². The number of carbonyl (C=O) groups excluding carboxylic acids is 2. The number of amides is 2. The molecule has 1 aliphatic rings. The molecular weight excluding hydrogens is 380 g/mol. The Hall–Kier alpha value is -2.65. The summed E-state index contributed by atoms with van der Waals surface area (Å²) in [5.41, 5.74) is 2.97. The zero-order chi connectivity index (χ0) is 20.3. The summed E-state index contributed by atoms with van der Waals surface area (Å²) in [5.74, 6) is -0.239. The van der Waals surface area contributed by atoms with E-state index in [0.717, 1.165) is 22.4 Å². The lowest BCUT2D eigenvalue weighted by molar-refractivity contribution is -0.122. The number of nitrogens with one attached hydrogen (secondary N) is 3. The van der Waals surface area contributed by atoms with Gasteiger partial charge in [0.15, 0.2) is 0 Å². The molecule has 148 valence electrons. The van der Waals surface area contributed by atoms with E-state index in [0.29, 0.717) is 11.4 Å². The highest BCUT2D eigenvalue weighted by Crippen LogP contribution is 2.28. The fraction of sp³-hybridized carbons (Fsp3) is 0.368. The third-order valence-corrected chi connectivity index (χ3v) is 5.70. The van der Waals surface area contributed by atoms with Crippen molar-refractivity contribution in [3.05, 3.63) is 51.6 Å². The molecule has 2 atom stereocenters. The molecule has 0 aliphatic carbocycles. The van der Waals surface area contributed by atoms with Crippen molar-refractivity contribution in [1.82, 2.24) is 15.3 Å². The number of benzene rings is 1. The van der Waals surface area contributed by atoms with Gasteiger partial charge in [-0.25, -0.2) is 4.79 Å². The van der Waals surface area contributed by atoms with E-state index in [2.05, 4.69) is 20.6 Å². The Morgan fingerprint density at radius 1 is 1.39 bits per heavy atom. The summed E-state index contributed by atoms with van der Waals surface area (Å²) in [7, 11) is 1.52. The molecule has 28 heavy (non-hydrogen) atoms. The lowest BCUT2D eigenvalue weighted by atomic mass is 10.0. The largest absolute Gasteiger partial charge is 0.383 e. The molecule has 0 fully saturated rings. The first-order valence-electron chi connectivity index (χ1n) is 8.82. The number of anilines is 1. The van der Waals surface area contributed by atoms with Crippen molar-refractivity contribution in [3.63, 3.8) is 0 Å². The zero-order valence-electron chi connectivity index (χ0n) is 15.9. The van der Waals surface area contributed by atoms with E-state index in [-0.39, 0.29) is 24.5 Å². The van der Waals surface area contributed by atoms with E-state index < -0.39 is 10.9 Å². The van der Waals surface area contributed by atoms with E-state index in [1.165, 1.54) is 18.9 Å². The molecule has 2 heterocycles. The van der Waals surface area contributed by atoms with Gasteiger partial charge in [-0.2, -0.15) is 4.98 Å². The average molecular weight is 402 g/mol. The van der Waals surface area contributed by atoms with Crippen LogP contribution in [0.4, 0.5) is 5.69 Å². The monoisotopic (exact) mass is 402 g/mol. The number of fused-ring (bicyclic) bond motifs is 1. The standard InChI is InChI=1S/C19H22N4O4S/c1-10-8-20-19(26)23-18(10)28-15(9-27-3)17(25)21-11(2)12-4-5-14-13(6-12)7-16(24)22-14/h4-6,8,11,15H,7,9H2,1-3H3,(H,21,25)(H,22,24)(H,20,23,26)/t11-,15-/m1/s1. The number of hydrogen-bond donors (Lipinski definition) is 3. The van der Waals surface area contributed by atoms with E-state index in [1.807, 2.05) is 32.0 Å². The van der Waals surface area contributed by atoms with Gasteiger partial charge in [-0.05, 0) is 36.6 Å². The van der Waals surface area contributed by atoms with Crippen LogP contribution in [-0.2, 0) is 20.7 Å². The van der Waals surface area contributed by atoms with Crippen LogP contribution in [0.5, 0.6) is 0 Å². The Bertz CT molecular complexity index is 959. The number of methoxy groups -OCH3 is 1. The number of aromatic amines is 1. The topological polar surface area (TPSA) is 113 Å². The maximum absolute atomic E-state index is 12.8. The molecule has 2 amide bonds. The molecule has 1 aliphatic heterocycles. The maximum Gasteiger partial charge on any atom is 0.345 e. The zero-order valence-corrected chi connectivity index (χ0v) is 16.7. The quantitative estimate of drug-likeness (QED) is 0.478. The summed E-state index contributed by atoms with van der Waals surface area (Å²) >= 11 is 1.20. The molecule has 1 aromatic carbocycles. The Kier molecular flexibility index (Phi) is 6.15. The summed E-state index contributed by atoms with van der Waals surface area (Å²) in [6.45, 7) is 3.88. The fourth-order valence-corrected chi connectivity index (χ4v) is 3.95. The van der Waals surface area contributed by atoms with Gasteiger partial charge in [-0.15, -0.1) is 0 Å². The normalized spacial score (nSPS) is 14.9. The molecule has 0 radical (unpaired) electrons. The van der Waals surface area contributed by atoms with Gasteiger partial charge in [0, 0.05) is 19.0 Å². The van der Waals surface area contributed by atoms with Gasteiger partial charge in [0.25, 0.3) is 0 Å². The van der Waals surface area contributed by atoms with Crippen LogP contribution in [0.25, 0.3) is 0 Å². The van der Waals surface area contributed by atoms with Crippen LogP contribution in [0, 0.1) is 6.92 Å². The minimum absolute atomic E-state index is 0.0267. The minimum atomic E-state index is -0.557. The van der Waals surface area contributed by atoms with Gasteiger partial charge in [0.2, 0.25) is 11.8 Å². The third kappa shape index (κ3) is 4.60. The molecular formula is C19H22N4O4S. The Morgan fingerprint density at radius 3 is 2.93 bits per heavy atom. The Morgan fingerprint density at radius 2 is 2.18 bits per heavy atom. The number of H-pyrrole nitrogens is 1. The van der Waals surface area contributed by atoms with Crippen molar-refractivity contribution < 1.29 is 14.3 Å². The van der Waals surface area contributed by atoms with Crippen LogP contribution in [0.2, 0.25) is 0 Å². The summed E-state index contributed by atoms with van der Waals surface area (Å²) in [6.07, 6.45) is 1.92. The molecule has 8 nitrogen and oxygen atoms in total. The highest BCUT2D eigenvalue weighted by atomic mass is 32.2. The highest BCUT2D eigenvalue weighted by molar-refractivity contribution is 8.00. The van der Waals surface area contributed by atoms with E-state index in [1.54, 1.807) is 6.20 Å². The number of aryl methyl sites for hydroxylation is 1. The molecule has 1 aromatic heterocycles. The summed E-state index contributed by atoms with van der Waals surface area (Å²) in [6, 6.07) is 5.42. The first-order chi connectivity index (χ1) is 13.4. The molecule has 0 spiro atoms. The lowest BCUT2D eigenvalue weighted by Gasteiger charge is -2.20. The highest BCUT2D eigenvalue weighted by Gasteiger charge is 2.24. The van der Waals surface area contributed by atoms with Gasteiger partial charge >= 0.3 is 5.69 Å². The van der Waals surface area contributed by atoms with Crippen LogP contribution >= 0.6 is 11.8 Å². The van der Waals surface area contributed by atoms with Crippen LogP contribution in [0.3, 0.4) is 0 Å². The van der Waals surface area contributed by atoms with Crippen LogP contribution < -0.4 is 16.3 Å². The smallest absolute Gasteiger partial charge is 0.345 e. The molecule has 0 unspecified atom stereocenters. The van der Waals surface area contributed by atoms with Crippen LogP contribution in [0.1, 0.15) is 29.7 Å². The summed E-state index contributed by atoms with van der Waals surface area (Å²) in [4.78, 5) is 42.3. The van der Waals surface area contributed by atoms with Gasteiger partial charge in [-0.3, -0.25) is 9.59 Å². The van der Waals surface area contributed by atoms with Crippen molar-refractivity contribution in [2.75, 3.05) is 19.0 Å². The second-order valence-electron chi connectivity index (χ2n) is 6.63. The number of rotatable bonds is 7. The Balaban J connectivity index is 1.71. The molecule has 0 bridgehead atoms. The van der Waals surface area contributed by atoms with Gasteiger partial charge in [0.1, 0.15) is 10.3 Å². The number of thioether (sulfide) groups is 1. The third-order valence-electron chi connectivity index (χ3n) is 4.43. The minimum Gasteiger partial charge on any atom is -0.383 e. The summed E-state index contributed by atoms with van der Waals surface area (Å²) < 4.78 is 5.19. The van der Waals surface area contributed by atoms with Crippen molar-refractivity contribution in [2.45, 2.75) is 36.6 Å². The number of ether oxygens (including phenoxy) is 1. The molecule has 2 aromatic rings. The van der Waals surface area contributed by atoms with Crippen LogP contribution in [0.15, 0.2) is 34.2 Å². The molecule has 0 saturated heterocycles. The maximum atomic E-state index is 12.8. The van der Waals surface area contributed by atoms with E-state index in [4.69, 9.17) is 4.74 Å². The fourth-order valence-electron chi connectivity index (χ4n) is 2.92. The van der Waals surface area contributed by atoms with Crippen molar-refractivity contribution >= 4 is 29.3 Å². The van der Waals surface area contributed by atoms with Crippen molar-refractivity contribution in [2.24, 2.45) is 0 Å². The second-order valence-corrected chi connectivity index (χ2v) is 7.82. The van der Waals surface area contributed by atoms with Gasteiger partial charge in [-0.1, -0.05) is 23.9 Å². The number of carbonyl (C=O) groups is 2. The lowest BCUT2D eigenvalue weighted by Crippen LogP contribution is -2.37. The second kappa shape index (κ2) is 8.57. The number of hydrogen-bond acceptors (Lipinski definition) is 6. The number of aromatic nitrogens is 2. The summed E-state index contributed by atoms with van der Waals surface area (Å²) in [5, 5.41) is 5.71. The molecule has 0 saturated carbocycles. The van der Waals surface area contributed by atoms with Crippen molar-refractivity contribution in [1.29, 1.82) is 0 Å². The van der Waals surface area contributed by atoms with E-state index >= 15 is 0 Å².